The predicted molar refractivity (Wildman–Crippen MR) is 85.2 cm³/mol. The fourth-order valence-electron chi connectivity index (χ4n) is 2.09. The van der Waals surface area contributed by atoms with Crippen LogP contribution in [-0.4, -0.2) is 45.1 Å². The minimum atomic E-state index is -3.20. The molecule has 0 unspecified atom stereocenters. The van der Waals surface area contributed by atoms with Crippen LogP contribution in [0.25, 0.3) is 0 Å². The lowest BCUT2D eigenvalue weighted by atomic mass is 10.3. The van der Waals surface area contributed by atoms with Gasteiger partial charge in [0.1, 0.15) is 0 Å². The van der Waals surface area contributed by atoms with E-state index in [9.17, 15) is 13.2 Å². The molecule has 0 spiro atoms. The van der Waals surface area contributed by atoms with Gasteiger partial charge in [-0.25, -0.2) is 8.42 Å². The van der Waals surface area contributed by atoms with Gasteiger partial charge in [-0.1, -0.05) is 13.8 Å². The van der Waals surface area contributed by atoms with Gasteiger partial charge in [0.25, 0.3) is 0 Å². The van der Waals surface area contributed by atoms with E-state index in [2.05, 4.69) is 24.1 Å². The third-order valence-corrected chi connectivity index (χ3v) is 4.14. The summed E-state index contributed by atoms with van der Waals surface area (Å²) in [5.41, 5.74) is 0.611. The summed E-state index contributed by atoms with van der Waals surface area (Å²) < 4.78 is 22.7. The quantitative estimate of drug-likeness (QED) is 0.799. The Kier molecular flexibility index (Phi) is 6.84. The molecule has 0 fully saturated rings. The summed E-state index contributed by atoms with van der Waals surface area (Å²) in [4.78, 5) is 14.3. The zero-order valence-corrected chi connectivity index (χ0v) is 13.7. The first-order valence-corrected chi connectivity index (χ1v) is 9.08. The van der Waals surface area contributed by atoms with Gasteiger partial charge in [0.15, 0.2) is 9.84 Å². The van der Waals surface area contributed by atoms with E-state index in [1.54, 1.807) is 12.1 Å². The molecule has 0 saturated heterocycles. The van der Waals surface area contributed by atoms with Gasteiger partial charge >= 0.3 is 0 Å². The Hall–Kier alpha value is -1.40. The Labute approximate surface area is 127 Å². The topological polar surface area (TPSA) is 66.5 Å². The Bertz CT molecular complexity index is 547. The Morgan fingerprint density at radius 1 is 1.10 bits per heavy atom. The highest BCUT2D eigenvalue weighted by molar-refractivity contribution is 7.90. The third-order valence-electron chi connectivity index (χ3n) is 3.01. The van der Waals surface area contributed by atoms with Crippen molar-refractivity contribution in [2.45, 2.75) is 31.6 Å². The number of sulfone groups is 1. The highest BCUT2D eigenvalue weighted by Gasteiger charge is 2.10. The molecule has 1 N–H and O–H groups in total. The molecule has 0 radical (unpaired) electrons. The number of amides is 1. The second-order valence-electron chi connectivity index (χ2n) is 5.12. The van der Waals surface area contributed by atoms with Crippen LogP contribution in [0.3, 0.4) is 0 Å². The number of rotatable bonds is 8. The molecule has 1 aromatic carbocycles. The Balaban J connectivity index is 2.62. The molecule has 0 aliphatic rings. The second kappa shape index (κ2) is 8.14. The molecule has 0 aromatic heterocycles. The van der Waals surface area contributed by atoms with Gasteiger partial charge in [0, 0.05) is 11.9 Å². The zero-order chi connectivity index (χ0) is 15.9. The molecule has 1 amide bonds. The molecule has 1 aromatic rings. The molecule has 0 saturated carbocycles. The average Bonchev–Trinajstić information content (AvgIpc) is 2.38. The lowest BCUT2D eigenvalue weighted by Gasteiger charge is -2.20. The van der Waals surface area contributed by atoms with Crippen molar-refractivity contribution in [1.29, 1.82) is 0 Å². The fourth-order valence-corrected chi connectivity index (χ4v) is 2.72. The first-order valence-electron chi connectivity index (χ1n) is 7.19. The van der Waals surface area contributed by atoms with Crippen molar-refractivity contribution < 1.29 is 13.2 Å². The largest absolute Gasteiger partial charge is 0.325 e. The minimum Gasteiger partial charge on any atom is -0.325 e. The Morgan fingerprint density at radius 3 is 2.05 bits per heavy atom. The molecule has 5 nitrogen and oxygen atoms in total. The molecule has 1 rings (SSSR count). The summed E-state index contributed by atoms with van der Waals surface area (Å²) >= 11 is 0. The summed E-state index contributed by atoms with van der Waals surface area (Å²) in [6, 6.07) is 6.22. The predicted octanol–water partition coefficient (Wildman–Crippen LogP) is 2.15. The van der Waals surface area contributed by atoms with Crippen molar-refractivity contribution in [3.05, 3.63) is 24.3 Å². The van der Waals surface area contributed by atoms with E-state index in [1.807, 2.05) is 0 Å². The number of anilines is 1. The van der Waals surface area contributed by atoms with E-state index in [0.717, 1.165) is 32.2 Å². The van der Waals surface area contributed by atoms with E-state index >= 15 is 0 Å². The normalized spacial score (nSPS) is 11.6. The maximum absolute atomic E-state index is 12.0. The van der Waals surface area contributed by atoms with Crippen molar-refractivity contribution in [2.75, 3.05) is 31.2 Å². The van der Waals surface area contributed by atoms with E-state index in [-0.39, 0.29) is 10.8 Å². The Morgan fingerprint density at radius 2 is 1.62 bits per heavy atom. The average molecular weight is 312 g/mol. The number of carbonyl (C=O) groups excluding carboxylic acids is 1. The zero-order valence-electron chi connectivity index (χ0n) is 12.9. The molecule has 0 bridgehead atoms. The van der Waals surface area contributed by atoms with Crippen molar-refractivity contribution in [2.24, 2.45) is 0 Å². The van der Waals surface area contributed by atoms with Gasteiger partial charge in [-0.2, -0.15) is 0 Å². The highest BCUT2D eigenvalue weighted by atomic mass is 32.2. The highest BCUT2D eigenvalue weighted by Crippen LogP contribution is 2.13. The monoisotopic (exact) mass is 312 g/mol. The molecule has 21 heavy (non-hydrogen) atoms. The lowest BCUT2D eigenvalue weighted by molar-refractivity contribution is -0.117. The maximum Gasteiger partial charge on any atom is 0.238 e. The summed E-state index contributed by atoms with van der Waals surface area (Å²) in [6.45, 7) is 6.33. The number of nitrogens with zero attached hydrogens (tertiary/aromatic N) is 1. The summed E-state index contributed by atoms with van der Waals surface area (Å²) in [7, 11) is -3.20. The number of benzene rings is 1. The van der Waals surface area contributed by atoms with Gasteiger partial charge in [-0.3, -0.25) is 9.69 Å². The van der Waals surface area contributed by atoms with Crippen molar-refractivity contribution in [3.8, 4) is 0 Å². The number of nitrogens with one attached hydrogen (secondary N) is 1. The molecule has 0 heterocycles. The number of hydrogen-bond donors (Lipinski definition) is 1. The number of hydrogen-bond acceptors (Lipinski definition) is 4. The smallest absolute Gasteiger partial charge is 0.238 e. The summed E-state index contributed by atoms with van der Waals surface area (Å²) in [6.07, 6.45) is 3.18. The molecule has 0 aliphatic heterocycles. The molecular formula is C15H24N2O3S. The van der Waals surface area contributed by atoms with Crippen LogP contribution in [-0.2, 0) is 14.6 Å². The van der Waals surface area contributed by atoms with E-state index in [1.165, 1.54) is 12.1 Å². The van der Waals surface area contributed by atoms with Gasteiger partial charge in [-0.05, 0) is 50.2 Å². The van der Waals surface area contributed by atoms with Crippen LogP contribution < -0.4 is 5.32 Å². The lowest BCUT2D eigenvalue weighted by Crippen LogP contribution is -2.34. The van der Waals surface area contributed by atoms with E-state index in [0.29, 0.717) is 12.2 Å². The number of carbonyl (C=O) groups is 1. The van der Waals surface area contributed by atoms with Crippen LogP contribution >= 0.6 is 0 Å². The molecule has 118 valence electrons. The van der Waals surface area contributed by atoms with Crippen molar-refractivity contribution in [3.63, 3.8) is 0 Å². The first-order chi connectivity index (χ1) is 9.86. The van der Waals surface area contributed by atoms with Crippen LogP contribution in [0, 0.1) is 0 Å². The SMILES string of the molecule is CCCN(CCC)CC(=O)Nc1ccc(S(C)(=O)=O)cc1. The molecule has 0 atom stereocenters. The van der Waals surface area contributed by atoms with Crippen LogP contribution in [0.1, 0.15) is 26.7 Å². The molecule has 6 heteroatoms. The minimum absolute atomic E-state index is 0.0796. The summed E-state index contributed by atoms with van der Waals surface area (Å²) in [5.74, 6) is -0.0796. The van der Waals surface area contributed by atoms with Crippen LogP contribution in [0.2, 0.25) is 0 Å². The van der Waals surface area contributed by atoms with Gasteiger partial charge < -0.3 is 5.32 Å². The van der Waals surface area contributed by atoms with E-state index < -0.39 is 9.84 Å². The molecule has 0 aliphatic carbocycles. The van der Waals surface area contributed by atoms with Crippen LogP contribution in [0.5, 0.6) is 0 Å². The van der Waals surface area contributed by atoms with Crippen molar-refractivity contribution >= 4 is 21.4 Å². The van der Waals surface area contributed by atoms with Crippen molar-refractivity contribution in [1.82, 2.24) is 4.90 Å². The van der Waals surface area contributed by atoms with Crippen LogP contribution in [0.15, 0.2) is 29.2 Å². The van der Waals surface area contributed by atoms with Crippen LogP contribution in [0.4, 0.5) is 5.69 Å². The van der Waals surface area contributed by atoms with Gasteiger partial charge in [0.2, 0.25) is 5.91 Å². The van der Waals surface area contributed by atoms with Gasteiger partial charge in [-0.15, -0.1) is 0 Å². The third kappa shape index (κ3) is 6.27. The summed E-state index contributed by atoms with van der Waals surface area (Å²) in [5, 5.41) is 2.79. The maximum atomic E-state index is 12.0. The molecular weight excluding hydrogens is 288 g/mol. The van der Waals surface area contributed by atoms with E-state index in [4.69, 9.17) is 0 Å². The standard InChI is InChI=1S/C15H24N2O3S/c1-4-10-17(11-5-2)12-15(18)16-13-6-8-14(9-7-13)21(3,19)20/h6-9H,4-5,10-12H2,1-3H3,(H,16,18). The first kappa shape index (κ1) is 17.7. The second-order valence-corrected chi connectivity index (χ2v) is 7.14. The fraction of sp³-hybridized carbons (Fsp3) is 0.533. The van der Waals surface area contributed by atoms with Gasteiger partial charge in [0.05, 0.1) is 11.4 Å².